The first-order chi connectivity index (χ1) is 10.1. The van der Waals surface area contributed by atoms with Crippen molar-refractivity contribution < 1.29 is 4.79 Å². The van der Waals surface area contributed by atoms with Gasteiger partial charge < -0.3 is 11.1 Å². The van der Waals surface area contributed by atoms with Crippen LogP contribution in [0.1, 0.15) is 22.2 Å². The molecule has 1 amide bonds. The Morgan fingerprint density at radius 2 is 2.14 bits per heavy atom. The van der Waals surface area contributed by atoms with Gasteiger partial charge in [-0.1, -0.05) is 42.5 Å². The predicted octanol–water partition coefficient (Wildman–Crippen LogP) is 2.18. The summed E-state index contributed by atoms with van der Waals surface area (Å²) in [6.07, 6.45) is 0.703. The van der Waals surface area contributed by atoms with E-state index in [4.69, 9.17) is 18.0 Å². The van der Waals surface area contributed by atoms with Crippen LogP contribution in [0.3, 0.4) is 0 Å². The molecule has 1 heterocycles. The zero-order valence-corrected chi connectivity index (χ0v) is 13.3. The van der Waals surface area contributed by atoms with Gasteiger partial charge in [0, 0.05) is 18.3 Å². The molecule has 2 rings (SSSR count). The number of aromatic nitrogens is 1. The third-order valence-electron chi connectivity index (χ3n) is 3.03. The number of rotatable bonds is 6. The van der Waals surface area contributed by atoms with Crippen LogP contribution in [0.4, 0.5) is 0 Å². The Balaban J connectivity index is 1.95. The minimum Gasteiger partial charge on any atom is -0.392 e. The van der Waals surface area contributed by atoms with Crippen molar-refractivity contribution in [2.75, 3.05) is 6.54 Å². The summed E-state index contributed by atoms with van der Waals surface area (Å²) < 4.78 is 0. The van der Waals surface area contributed by atoms with Gasteiger partial charge in [-0.2, -0.15) is 0 Å². The van der Waals surface area contributed by atoms with Crippen LogP contribution in [0, 0.1) is 6.92 Å². The lowest BCUT2D eigenvalue weighted by atomic mass is 9.98. The van der Waals surface area contributed by atoms with E-state index in [0.717, 1.165) is 16.3 Å². The highest BCUT2D eigenvalue weighted by Gasteiger charge is 2.22. The smallest absolute Gasteiger partial charge is 0.234 e. The first-order valence-corrected chi connectivity index (χ1v) is 7.89. The van der Waals surface area contributed by atoms with Crippen molar-refractivity contribution in [2.45, 2.75) is 19.3 Å². The number of nitrogens with zero attached hydrogens (tertiary/aromatic N) is 1. The van der Waals surface area contributed by atoms with E-state index in [1.54, 1.807) is 11.3 Å². The number of nitrogens with two attached hydrogens (primary N) is 1. The van der Waals surface area contributed by atoms with Gasteiger partial charge in [0.25, 0.3) is 0 Å². The number of hydrogen-bond donors (Lipinski definition) is 2. The first kappa shape index (κ1) is 15.6. The number of carbonyl (C=O) groups is 1. The number of carbonyl (C=O) groups excluding carboxylic acids is 1. The van der Waals surface area contributed by atoms with Gasteiger partial charge in [-0.3, -0.25) is 4.79 Å². The largest absolute Gasteiger partial charge is 0.392 e. The number of amides is 1. The summed E-state index contributed by atoms with van der Waals surface area (Å²) in [7, 11) is 0. The highest BCUT2D eigenvalue weighted by atomic mass is 32.1. The molecule has 1 aromatic carbocycles. The molecular formula is C15H17N3OS2. The van der Waals surface area contributed by atoms with E-state index in [1.165, 1.54) is 0 Å². The maximum absolute atomic E-state index is 12.3. The van der Waals surface area contributed by atoms with Crippen molar-refractivity contribution >= 4 is 34.5 Å². The maximum atomic E-state index is 12.3. The van der Waals surface area contributed by atoms with Crippen LogP contribution in [-0.4, -0.2) is 22.4 Å². The molecule has 1 aromatic heterocycles. The van der Waals surface area contributed by atoms with Crippen LogP contribution in [0.15, 0.2) is 35.7 Å². The fraction of sp³-hybridized carbons (Fsp3) is 0.267. The number of benzene rings is 1. The quantitative estimate of drug-likeness (QED) is 0.801. The molecule has 0 spiro atoms. The molecule has 0 aliphatic rings. The molecule has 0 bridgehead atoms. The highest BCUT2D eigenvalue weighted by Crippen LogP contribution is 2.16. The minimum atomic E-state index is -0.585. The van der Waals surface area contributed by atoms with E-state index in [-0.39, 0.29) is 10.9 Å². The van der Waals surface area contributed by atoms with Crippen LogP contribution in [0.5, 0.6) is 0 Å². The summed E-state index contributed by atoms with van der Waals surface area (Å²) in [5.41, 5.74) is 7.52. The van der Waals surface area contributed by atoms with Gasteiger partial charge in [-0.05, 0) is 12.5 Å². The Hall–Kier alpha value is -1.79. The molecule has 110 valence electrons. The average molecular weight is 319 g/mol. The van der Waals surface area contributed by atoms with Crippen molar-refractivity contribution in [3.63, 3.8) is 0 Å². The van der Waals surface area contributed by atoms with Gasteiger partial charge in [0.05, 0.1) is 15.7 Å². The zero-order chi connectivity index (χ0) is 15.2. The summed E-state index contributed by atoms with van der Waals surface area (Å²) >= 11 is 6.64. The molecule has 21 heavy (non-hydrogen) atoms. The fourth-order valence-corrected chi connectivity index (χ4v) is 2.92. The average Bonchev–Trinajstić information content (AvgIpc) is 2.85. The van der Waals surface area contributed by atoms with Gasteiger partial charge in [-0.25, -0.2) is 4.98 Å². The molecule has 1 atom stereocenters. The van der Waals surface area contributed by atoms with Crippen molar-refractivity contribution in [1.29, 1.82) is 0 Å². The molecule has 2 aromatic rings. The molecule has 3 N–H and O–H groups in total. The third kappa shape index (κ3) is 4.34. The van der Waals surface area contributed by atoms with Crippen molar-refractivity contribution in [1.82, 2.24) is 10.3 Å². The van der Waals surface area contributed by atoms with E-state index in [0.29, 0.717) is 13.0 Å². The third-order valence-corrected chi connectivity index (χ3v) is 4.08. The molecule has 4 nitrogen and oxygen atoms in total. The normalized spacial score (nSPS) is 11.9. The molecule has 0 aliphatic heterocycles. The molecule has 0 aliphatic carbocycles. The Labute approximate surface area is 133 Å². The van der Waals surface area contributed by atoms with E-state index in [2.05, 4.69) is 10.3 Å². The molecular weight excluding hydrogens is 302 g/mol. The van der Waals surface area contributed by atoms with Crippen molar-refractivity contribution in [3.8, 4) is 0 Å². The van der Waals surface area contributed by atoms with Gasteiger partial charge in [0.2, 0.25) is 5.91 Å². The van der Waals surface area contributed by atoms with Crippen LogP contribution < -0.4 is 11.1 Å². The molecule has 0 saturated heterocycles. The van der Waals surface area contributed by atoms with Crippen molar-refractivity contribution in [2.24, 2.45) is 5.73 Å². The molecule has 0 saturated carbocycles. The van der Waals surface area contributed by atoms with Crippen molar-refractivity contribution in [3.05, 3.63) is 52.0 Å². The zero-order valence-electron chi connectivity index (χ0n) is 11.7. The number of thiocarbonyl (C=S) groups is 1. The van der Waals surface area contributed by atoms with Gasteiger partial charge in [0.15, 0.2) is 0 Å². The van der Waals surface area contributed by atoms with E-state index >= 15 is 0 Å². The maximum Gasteiger partial charge on any atom is 0.234 e. The molecule has 1 unspecified atom stereocenters. The Morgan fingerprint density at radius 3 is 2.71 bits per heavy atom. The first-order valence-electron chi connectivity index (χ1n) is 6.61. The van der Waals surface area contributed by atoms with Gasteiger partial charge >= 0.3 is 0 Å². The van der Waals surface area contributed by atoms with E-state index in [9.17, 15) is 4.79 Å². The van der Waals surface area contributed by atoms with Gasteiger partial charge in [0.1, 0.15) is 5.92 Å². The second-order valence-corrected chi connectivity index (χ2v) is 6.18. The van der Waals surface area contributed by atoms with Gasteiger partial charge in [-0.15, -0.1) is 11.3 Å². The van der Waals surface area contributed by atoms with Crippen LogP contribution in [0.25, 0.3) is 0 Å². The van der Waals surface area contributed by atoms with Crippen LogP contribution in [0.2, 0.25) is 0 Å². The van der Waals surface area contributed by atoms with Crippen LogP contribution >= 0.6 is 23.6 Å². The summed E-state index contributed by atoms with van der Waals surface area (Å²) in [6.45, 7) is 2.49. The monoisotopic (exact) mass is 319 g/mol. The highest BCUT2D eigenvalue weighted by molar-refractivity contribution is 7.80. The Kier molecular flexibility index (Phi) is 5.41. The topological polar surface area (TPSA) is 68.0 Å². The number of nitrogens with one attached hydrogen (secondary N) is 1. The summed E-state index contributed by atoms with van der Waals surface area (Å²) in [5.74, 6) is -0.751. The van der Waals surface area contributed by atoms with E-state index < -0.39 is 5.92 Å². The predicted molar refractivity (Wildman–Crippen MR) is 89.5 cm³/mol. The Bertz CT molecular complexity index is 625. The summed E-state index contributed by atoms with van der Waals surface area (Å²) in [4.78, 5) is 16.8. The fourth-order valence-electron chi connectivity index (χ4n) is 2.03. The lowest BCUT2D eigenvalue weighted by molar-refractivity contribution is -0.121. The number of aryl methyl sites for hydroxylation is 1. The number of thiazole rings is 1. The van der Waals surface area contributed by atoms with E-state index in [1.807, 2.05) is 42.6 Å². The summed E-state index contributed by atoms with van der Waals surface area (Å²) in [6, 6.07) is 9.33. The minimum absolute atomic E-state index is 0.166. The lowest BCUT2D eigenvalue weighted by Gasteiger charge is -2.15. The Morgan fingerprint density at radius 1 is 1.43 bits per heavy atom. The lowest BCUT2D eigenvalue weighted by Crippen LogP contribution is -2.37. The standard InChI is InChI=1S/C15H17N3OS2/c1-10-18-12(9-21-10)7-8-17-15(19)13(14(16)20)11-5-3-2-4-6-11/h2-6,9,13H,7-8H2,1H3,(H2,16,20)(H,17,19). The summed E-state index contributed by atoms with van der Waals surface area (Å²) in [5, 5.41) is 5.91. The molecule has 0 radical (unpaired) electrons. The van der Waals surface area contributed by atoms with Crippen LogP contribution in [-0.2, 0) is 11.2 Å². The SMILES string of the molecule is Cc1nc(CCNC(=O)C(C(N)=S)c2ccccc2)cs1. The second-order valence-electron chi connectivity index (χ2n) is 4.64. The second kappa shape index (κ2) is 7.28. The molecule has 6 heteroatoms. The number of hydrogen-bond acceptors (Lipinski definition) is 4. The molecule has 0 fully saturated rings.